The number of carbonyl (C=O) groups is 1. The molecule has 1 heterocycles. The molecule has 0 bridgehead atoms. The van der Waals surface area contributed by atoms with E-state index in [1.54, 1.807) is 18.2 Å². The third kappa shape index (κ3) is 6.73. The fourth-order valence-corrected chi connectivity index (χ4v) is 3.48. The van der Waals surface area contributed by atoms with Crippen LogP contribution in [-0.2, 0) is 17.9 Å². The number of hydrogen-bond donors (Lipinski definition) is 1. The molecular formula is C21H20ClFN4OS. The summed E-state index contributed by atoms with van der Waals surface area (Å²) in [6, 6.07) is 17.7. The highest BCUT2D eigenvalue weighted by atomic mass is 35.5. The van der Waals surface area contributed by atoms with E-state index in [0.29, 0.717) is 29.2 Å². The van der Waals surface area contributed by atoms with Crippen LogP contribution in [0.15, 0.2) is 65.8 Å². The molecule has 2 aromatic carbocycles. The van der Waals surface area contributed by atoms with Crippen molar-refractivity contribution in [2.75, 3.05) is 17.7 Å². The minimum Gasteiger partial charge on any atom is -0.355 e. The average Bonchev–Trinajstić information content (AvgIpc) is 2.72. The van der Waals surface area contributed by atoms with Gasteiger partial charge in [-0.15, -0.1) is 0 Å². The lowest BCUT2D eigenvalue weighted by atomic mass is 10.2. The lowest BCUT2D eigenvalue weighted by Gasteiger charge is -2.19. The summed E-state index contributed by atoms with van der Waals surface area (Å²) in [5.41, 5.74) is 1.98. The number of benzene rings is 2. The van der Waals surface area contributed by atoms with Crippen molar-refractivity contribution in [2.24, 2.45) is 0 Å². The summed E-state index contributed by atoms with van der Waals surface area (Å²) in [4.78, 5) is 22.8. The van der Waals surface area contributed by atoms with Gasteiger partial charge in [0.1, 0.15) is 16.8 Å². The van der Waals surface area contributed by atoms with Gasteiger partial charge in [-0.2, -0.15) is 0 Å². The third-order valence-corrected chi connectivity index (χ3v) is 5.09. The van der Waals surface area contributed by atoms with Crippen molar-refractivity contribution >= 4 is 35.1 Å². The van der Waals surface area contributed by atoms with Gasteiger partial charge in [0.25, 0.3) is 0 Å². The number of nitrogens with one attached hydrogen (secondary N) is 1. The Morgan fingerprint density at radius 3 is 2.55 bits per heavy atom. The Balaban J connectivity index is 1.55. The summed E-state index contributed by atoms with van der Waals surface area (Å²) in [6.45, 7) is 1.01. The highest BCUT2D eigenvalue weighted by molar-refractivity contribution is 7.99. The third-order valence-electron chi connectivity index (χ3n) is 4.05. The van der Waals surface area contributed by atoms with Gasteiger partial charge < -0.3 is 10.2 Å². The average molecular weight is 431 g/mol. The minimum atomic E-state index is -0.304. The van der Waals surface area contributed by atoms with Crippen molar-refractivity contribution in [3.63, 3.8) is 0 Å². The van der Waals surface area contributed by atoms with Gasteiger partial charge in [-0.05, 0) is 23.3 Å². The van der Waals surface area contributed by atoms with Crippen molar-refractivity contribution in [1.29, 1.82) is 0 Å². The Labute approximate surface area is 178 Å². The molecule has 0 aliphatic carbocycles. The predicted octanol–water partition coefficient (Wildman–Crippen LogP) is 4.31. The van der Waals surface area contributed by atoms with E-state index >= 15 is 0 Å². The topological polar surface area (TPSA) is 58.1 Å². The zero-order valence-electron chi connectivity index (χ0n) is 15.8. The van der Waals surface area contributed by atoms with Crippen molar-refractivity contribution in [1.82, 2.24) is 15.3 Å². The van der Waals surface area contributed by atoms with Crippen LogP contribution in [0.2, 0.25) is 5.15 Å². The largest absolute Gasteiger partial charge is 0.355 e. The van der Waals surface area contributed by atoms with E-state index in [4.69, 9.17) is 11.6 Å². The molecule has 0 aliphatic rings. The highest BCUT2D eigenvalue weighted by Gasteiger charge is 2.11. The van der Waals surface area contributed by atoms with E-state index < -0.39 is 0 Å². The second kappa shape index (κ2) is 10.2. The highest BCUT2D eigenvalue weighted by Crippen LogP contribution is 2.22. The maximum Gasteiger partial charge on any atom is 0.230 e. The Hall–Kier alpha value is -2.64. The Morgan fingerprint density at radius 1 is 1.10 bits per heavy atom. The van der Waals surface area contributed by atoms with Crippen LogP contribution in [0.5, 0.6) is 0 Å². The van der Waals surface area contributed by atoms with Crippen LogP contribution in [0.1, 0.15) is 11.1 Å². The van der Waals surface area contributed by atoms with Crippen LogP contribution in [0.3, 0.4) is 0 Å². The molecule has 0 unspecified atom stereocenters. The second-order valence-electron chi connectivity index (χ2n) is 6.36. The van der Waals surface area contributed by atoms with E-state index in [-0.39, 0.29) is 17.5 Å². The molecule has 1 N–H and O–H groups in total. The van der Waals surface area contributed by atoms with Gasteiger partial charge >= 0.3 is 0 Å². The zero-order valence-corrected chi connectivity index (χ0v) is 17.4. The second-order valence-corrected chi connectivity index (χ2v) is 7.69. The Kier molecular flexibility index (Phi) is 7.43. The fourth-order valence-electron chi connectivity index (χ4n) is 2.57. The maximum atomic E-state index is 12.9. The van der Waals surface area contributed by atoms with Gasteiger partial charge in [-0.3, -0.25) is 4.79 Å². The molecule has 0 spiro atoms. The van der Waals surface area contributed by atoms with Crippen molar-refractivity contribution < 1.29 is 9.18 Å². The molecule has 0 saturated carbocycles. The Bertz CT molecular complexity index is 957. The summed E-state index contributed by atoms with van der Waals surface area (Å²) in [5, 5.41) is 3.55. The number of amides is 1. The lowest BCUT2D eigenvalue weighted by Crippen LogP contribution is -2.24. The number of anilines is 1. The molecule has 1 aromatic heterocycles. The molecular weight excluding hydrogens is 411 g/mol. The zero-order chi connectivity index (χ0) is 20.6. The maximum absolute atomic E-state index is 12.9. The quantitative estimate of drug-likeness (QED) is 0.328. The number of halogens is 2. The van der Waals surface area contributed by atoms with Crippen LogP contribution in [0, 0.1) is 5.82 Å². The van der Waals surface area contributed by atoms with Crippen molar-refractivity contribution in [3.05, 3.63) is 82.8 Å². The standard InChI is InChI=1S/C21H20ClFN4OS/c1-27(13-16-5-3-2-4-6-16)19-11-18(22)25-21(26-19)29-14-20(28)24-12-15-7-9-17(23)10-8-15/h2-11H,12-14H2,1H3,(H,24,28). The summed E-state index contributed by atoms with van der Waals surface area (Å²) < 4.78 is 12.9. The number of hydrogen-bond acceptors (Lipinski definition) is 5. The fraction of sp³-hybridized carbons (Fsp3) is 0.190. The van der Waals surface area contributed by atoms with Crippen LogP contribution < -0.4 is 10.2 Å². The molecule has 0 atom stereocenters. The molecule has 0 aliphatic heterocycles. The number of thioether (sulfide) groups is 1. The molecule has 0 radical (unpaired) electrons. The van der Waals surface area contributed by atoms with Crippen LogP contribution in [0.25, 0.3) is 0 Å². The van der Waals surface area contributed by atoms with Gasteiger partial charge in [0.05, 0.1) is 5.75 Å². The first kappa shape index (κ1) is 21.1. The molecule has 3 rings (SSSR count). The first-order chi connectivity index (χ1) is 14.0. The van der Waals surface area contributed by atoms with Crippen LogP contribution in [-0.4, -0.2) is 28.7 Å². The number of rotatable bonds is 8. The first-order valence-electron chi connectivity index (χ1n) is 8.93. The number of aromatic nitrogens is 2. The smallest absolute Gasteiger partial charge is 0.230 e. The molecule has 1 amide bonds. The normalized spacial score (nSPS) is 10.6. The van der Waals surface area contributed by atoms with Crippen molar-refractivity contribution in [2.45, 2.75) is 18.2 Å². The predicted molar refractivity (Wildman–Crippen MR) is 115 cm³/mol. The summed E-state index contributed by atoms with van der Waals surface area (Å²) in [7, 11) is 1.93. The number of carbonyl (C=O) groups excluding carboxylic acids is 1. The lowest BCUT2D eigenvalue weighted by molar-refractivity contribution is -0.118. The summed E-state index contributed by atoms with van der Waals surface area (Å²) in [5.74, 6) is 0.371. The number of nitrogens with zero attached hydrogens (tertiary/aromatic N) is 3. The van der Waals surface area contributed by atoms with E-state index in [2.05, 4.69) is 15.3 Å². The first-order valence-corrected chi connectivity index (χ1v) is 10.3. The van der Waals surface area contributed by atoms with Crippen LogP contribution in [0.4, 0.5) is 10.2 Å². The van der Waals surface area contributed by atoms with Gasteiger partial charge in [0.2, 0.25) is 5.91 Å². The van der Waals surface area contributed by atoms with E-state index in [9.17, 15) is 9.18 Å². The molecule has 150 valence electrons. The molecule has 0 fully saturated rings. The molecule has 3 aromatic rings. The van der Waals surface area contributed by atoms with Crippen molar-refractivity contribution in [3.8, 4) is 0 Å². The molecule has 5 nitrogen and oxygen atoms in total. The molecule has 0 saturated heterocycles. The van der Waals surface area contributed by atoms with E-state index in [1.165, 1.54) is 23.9 Å². The van der Waals surface area contributed by atoms with E-state index in [1.807, 2.05) is 42.3 Å². The van der Waals surface area contributed by atoms with Gasteiger partial charge in [0.15, 0.2) is 5.16 Å². The van der Waals surface area contributed by atoms with Gasteiger partial charge in [-0.25, -0.2) is 14.4 Å². The van der Waals surface area contributed by atoms with Gasteiger partial charge in [-0.1, -0.05) is 65.8 Å². The summed E-state index contributed by atoms with van der Waals surface area (Å²) in [6.07, 6.45) is 0. The van der Waals surface area contributed by atoms with Gasteiger partial charge in [0, 0.05) is 26.2 Å². The Morgan fingerprint density at radius 2 is 1.83 bits per heavy atom. The minimum absolute atomic E-state index is 0.156. The molecule has 8 heteroatoms. The monoisotopic (exact) mass is 430 g/mol. The van der Waals surface area contributed by atoms with Crippen LogP contribution >= 0.6 is 23.4 Å². The molecule has 29 heavy (non-hydrogen) atoms. The van der Waals surface area contributed by atoms with E-state index in [0.717, 1.165) is 11.1 Å². The SMILES string of the molecule is CN(Cc1ccccc1)c1cc(Cl)nc(SCC(=O)NCc2ccc(F)cc2)n1. The summed E-state index contributed by atoms with van der Waals surface area (Å²) >= 11 is 7.36.